The van der Waals surface area contributed by atoms with Crippen LogP contribution in [-0.2, 0) is 18.5 Å². The fraction of sp³-hybridized carbons (Fsp3) is 0.875. The minimum Gasteiger partial charge on any atom is -0.325 e. The van der Waals surface area contributed by atoms with Gasteiger partial charge in [0, 0.05) is 6.54 Å². The molecule has 4 bridgehead atoms. The first-order valence-corrected chi connectivity index (χ1v) is 8.38. The van der Waals surface area contributed by atoms with Gasteiger partial charge in [0.2, 0.25) is 0 Å². The lowest BCUT2D eigenvalue weighted by Gasteiger charge is -2.56. The van der Waals surface area contributed by atoms with Crippen molar-refractivity contribution >= 4 is 0 Å². The molecule has 5 rings (SSSR count). The van der Waals surface area contributed by atoms with Crippen LogP contribution in [0.5, 0.6) is 0 Å². The van der Waals surface area contributed by atoms with Crippen LogP contribution in [0.1, 0.15) is 63.3 Å². The summed E-state index contributed by atoms with van der Waals surface area (Å²) in [6.45, 7) is 2.76. The minimum absolute atomic E-state index is 0.291. The molecule has 0 saturated heterocycles. The molecule has 4 saturated carbocycles. The van der Waals surface area contributed by atoms with E-state index in [1.807, 2.05) is 0 Å². The molecule has 0 aromatic carbocycles. The zero-order valence-corrected chi connectivity index (χ0v) is 12.5. The summed E-state index contributed by atoms with van der Waals surface area (Å²) in [6.07, 6.45) is 10.6. The van der Waals surface area contributed by atoms with Gasteiger partial charge in [-0.25, -0.2) is 4.68 Å². The van der Waals surface area contributed by atoms with Gasteiger partial charge in [-0.1, -0.05) is 18.6 Å². The highest BCUT2D eigenvalue weighted by atomic mass is 15.5. The smallest absolute Gasteiger partial charge is 0.0994 e. The number of hydrogen-bond donors (Lipinski definition) is 1. The van der Waals surface area contributed by atoms with Crippen molar-refractivity contribution in [3.63, 3.8) is 0 Å². The number of hydrogen-bond acceptors (Lipinski definition) is 3. The molecule has 4 aliphatic carbocycles. The largest absolute Gasteiger partial charge is 0.325 e. The third-order valence-corrected chi connectivity index (χ3v) is 5.98. The van der Waals surface area contributed by atoms with Crippen LogP contribution in [-0.4, -0.2) is 15.0 Å². The monoisotopic (exact) mass is 274 g/mol. The fourth-order valence-electron chi connectivity index (χ4n) is 5.68. The average Bonchev–Trinajstić information content (AvgIpc) is 2.81. The maximum absolute atomic E-state index is 5.87. The van der Waals surface area contributed by atoms with Crippen LogP contribution in [0.3, 0.4) is 0 Å². The van der Waals surface area contributed by atoms with E-state index < -0.39 is 0 Å². The number of nitrogens with zero attached hydrogens (tertiary/aromatic N) is 3. The number of nitrogens with two attached hydrogens (primary N) is 1. The van der Waals surface area contributed by atoms with Gasteiger partial charge in [0.15, 0.2) is 0 Å². The van der Waals surface area contributed by atoms with E-state index >= 15 is 0 Å². The van der Waals surface area contributed by atoms with Gasteiger partial charge in [-0.3, -0.25) is 0 Å². The van der Waals surface area contributed by atoms with Crippen molar-refractivity contribution in [2.24, 2.45) is 23.5 Å². The van der Waals surface area contributed by atoms with Crippen molar-refractivity contribution < 1.29 is 0 Å². The summed E-state index contributed by atoms with van der Waals surface area (Å²) in [4.78, 5) is 0. The van der Waals surface area contributed by atoms with Gasteiger partial charge >= 0.3 is 0 Å². The first-order valence-electron chi connectivity index (χ1n) is 8.38. The standard InChI is InChI=1S/C16H26N4/c1-2-3-15-14(10-17)18-19-20(15)16-7-11-4-12(8-16)6-13(5-11)9-16/h11-13H,2-10,17H2,1H3. The molecular formula is C16H26N4. The lowest BCUT2D eigenvalue weighted by atomic mass is 9.53. The third kappa shape index (κ3) is 1.77. The predicted octanol–water partition coefficient (Wildman–Crippen LogP) is 2.61. The van der Waals surface area contributed by atoms with Gasteiger partial charge in [0.1, 0.15) is 0 Å². The van der Waals surface area contributed by atoms with E-state index in [1.54, 1.807) is 0 Å². The van der Waals surface area contributed by atoms with E-state index in [4.69, 9.17) is 5.73 Å². The molecule has 4 nitrogen and oxygen atoms in total. The van der Waals surface area contributed by atoms with Gasteiger partial charge in [-0.2, -0.15) is 0 Å². The third-order valence-electron chi connectivity index (χ3n) is 5.98. The summed E-state index contributed by atoms with van der Waals surface area (Å²) in [5, 5.41) is 8.98. The molecular weight excluding hydrogens is 248 g/mol. The Morgan fingerprint density at radius 2 is 1.75 bits per heavy atom. The van der Waals surface area contributed by atoms with E-state index in [-0.39, 0.29) is 0 Å². The second kappa shape index (κ2) is 4.55. The van der Waals surface area contributed by atoms with Gasteiger partial charge in [0.25, 0.3) is 0 Å². The van der Waals surface area contributed by atoms with Crippen LogP contribution < -0.4 is 5.73 Å². The van der Waals surface area contributed by atoms with Gasteiger partial charge in [-0.05, 0) is 62.7 Å². The Kier molecular flexibility index (Phi) is 2.92. The summed E-state index contributed by atoms with van der Waals surface area (Å²) >= 11 is 0. The summed E-state index contributed by atoms with van der Waals surface area (Å²) < 4.78 is 2.34. The van der Waals surface area contributed by atoms with Crippen molar-refractivity contribution in [1.29, 1.82) is 0 Å². The van der Waals surface area contributed by atoms with Crippen LogP contribution in [0.25, 0.3) is 0 Å². The molecule has 20 heavy (non-hydrogen) atoms. The van der Waals surface area contributed by atoms with E-state index in [0.717, 1.165) is 36.3 Å². The van der Waals surface area contributed by atoms with Crippen LogP contribution in [0, 0.1) is 17.8 Å². The average molecular weight is 274 g/mol. The van der Waals surface area contributed by atoms with Gasteiger partial charge in [0.05, 0.1) is 16.9 Å². The second-order valence-corrected chi connectivity index (χ2v) is 7.49. The molecule has 2 N–H and O–H groups in total. The first kappa shape index (κ1) is 12.8. The Morgan fingerprint density at radius 1 is 1.15 bits per heavy atom. The van der Waals surface area contributed by atoms with Crippen molar-refractivity contribution in [3.8, 4) is 0 Å². The molecule has 1 aromatic rings. The van der Waals surface area contributed by atoms with Gasteiger partial charge in [-0.15, -0.1) is 5.10 Å². The van der Waals surface area contributed by atoms with Crippen molar-refractivity contribution in [2.75, 3.05) is 0 Å². The van der Waals surface area contributed by atoms with E-state index in [2.05, 4.69) is 21.9 Å². The molecule has 0 atom stereocenters. The molecule has 0 amide bonds. The molecule has 4 fully saturated rings. The zero-order chi connectivity index (χ0) is 13.7. The molecule has 0 radical (unpaired) electrons. The Bertz CT molecular complexity index is 469. The van der Waals surface area contributed by atoms with Crippen LogP contribution >= 0.6 is 0 Å². The summed E-state index contributed by atoms with van der Waals surface area (Å²) in [5.74, 6) is 2.84. The van der Waals surface area contributed by atoms with Crippen LogP contribution in [0.4, 0.5) is 0 Å². The number of rotatable bonds is 4. The lowest BCUT2D eigenvalue weighted by molar-refractivity contribution is -0.0516. The summed E-state index contributed by atoms with van der Waals surface area (Å²) in [6, 6.07) is 0. The molecule has 4 heteroatoms. The van der Waals surface area contributed by atoms with E-state index in [1.165, 1.54) is 44.2 Å². The highest BCUT2D eigenvalue weighted by molar-refractivity contribution is 5.15. The number of aromatic nitrogens is 3. The Hall–Kier alpha value is -0.900. The molecule has 1 aromatic heterocycles. The zero-order valence-electron chi connectivity index (χ0n) is 12.5. The lowest BCUT2D eigenvalue weighted by Crippen LogP contribution is -2.52. The summed E-state index contributed by atoms with van der Waals surface area (Å²) in [7, 11) is 0. The Morgan fingerprint density at radius 3 is 2.25 bits per heavy atom. The molecule has 1 heterocycles. The van der Waals surface area contributed by atoms with Crippen LogP contribution in [0.2, 0.25) is 0 Å². The first-order chi connectivity index (χ1) is 9.74. The van der Waals surface area contributed by atoms with Crippen molar-refractivity contribution in [3.05, 3.63) is 11.4 Å². The van der Waals surface area contributed by atoms with E-state index in [0.29, 0.717) is 12.1 Å². The highest BCUT2D eigenvalue weighted by Gasteiger charge is 2.53. The molecule has 0 aliphatic heterocycles. The quantitative estimate of drug-likeness (QED) is 0.918. The van der Waals surface area contributed by atoms with Crippen molar-refractivity contribution in [2.45, 2.75) is 70.4 Å². The topological polar surface area (TPSA) is 56.7 Å². The fourth-order valence-corrected chi connectivity index (χ4v) is 5.68. The molecule has 110 valence electrons. The Balaban J connectivity index is 1.75. The van der Waals surface area contributed by atoms with Gasteiger partial charge < -0.3 is 5.73 Å². The highest BCUT2D eigenvalue weighted by Crippen LogP contribution is 2.58. The summed E-state index contributed by atoms with van der Waals surface area (Å²) in [5.41, 5.74) is 8.52. The van der Waals surface area contributed by atoms with E-state index in [9.17, 15) is 0 Å². The molecule has 4 aliphatic rings. The van der Waals surface area contributed by atoms with Crippen molar-refractivity contribution in [1.82, 2.24) is 15.0 Å². The molecule has 0 spiro atoms. The normalized spacial score (nSPS) is 38.6. The molecule has 0 unspecified atom stereocenters. The maximum atomic E-state index is 5.87. The van der Waals surface area contributed by atoms with Crippen LogP contribution in [0.15, 0.2) is 0 Å². The Labute approximate surface area is 121 Å². The predicted molar refractivity (Wildman–Crippen MR) is 78.1 cm³/mol. The minimum atomic E-state index is 0.291. The maximum Gasteiger partial charge on any atom is 0.0994 e. The second-order valence-electron chi connectivity index (χ2n) is 7.49. The SMILES string of the molecule is CCCc1c(CN)nnn1C12CC3CC(CC(C3)C1)C2.